The molecule has 3 aliphatic heterocycles. The van der Waals surface area contributed by atoms with Crippen LogP contribution in [0.3, 0.4) is 0 Å². The Morgan fingerprint density at radius 3 is 3.05 bits per heavy atom. The van der Waals surface area contributed by atoms with Crippen LogP contribution in [0.1, 0.15) is 32.3 Å². The van der Waals surface area contributed by atoms with Crippen molar-refractivity contribution in [1.29, 1.82) is 0 Å². The summed E-state index contributed by atoms with van der Waals surface area (Å²) < 4.78 is 0. The summed E-state index contributed by atoms with van der Waals surface area (Å²) in [4.78, 5) is 2.77. The zero-order valence-corrected chi connectivity index (χ0v) is 13.0. The second-order valence-corrected chi connectivity index (χ2v) is 7.51. The molecule has 21 heavy (non-hydrogen) atoms. The lowest BCUT2D eigenvalue weighted by molar-refractivity contribution is 0.0642. The summed E-state index contributed by atoms with van der Waals surface area (Å²) in [6.07, 6.45) is 5.10. The van der Waals surface area contributed by atoms with E-state index < -0.39 is 0 Å². The maximum Gasteiger partial charge on any atom is 0.0405 e. The molecule has 0 radical (unpaired) electrons. The summed E-state index contributed by atoms with van der Waals surface area (Å²) in [5, 5.41) is 3.92. The van der Waals surface area contributed by atoms with Crippen molar-refractivity contribution in [3.63, 3.8) is 0 Å². The Morgan fingerprint density at radius 1 is 1.33 bits per heavy atom. The minimum atomic E-state index is 0.381. The highest BCUT2D eigenvalue weighted by molar-refractivity contribution is 5.64. The predicted octanol–water partition coefficient (Wildman–Crippen LogP) is 3.41. The molecule has 110 valence electrons. The van der Waals surface area contributed by atoms with E-state index >= 15 is 0 Å². The van der Waals surface area contributed by atoms with Gasteiger partial charge in [-0.05, 0) is 49.8 Å². The number of fused-ring (bicyclic) bond motifs is 2. The SMILES string of the molecule is C/C=C1/CN2CC[C@]34c5ccccc5N[C@H]3[C@@H](C)[C@H]1C[C@H]24. The smallest absolute Gasteiger partial charge is 0.0405 e. The van der Waals surface area contributed by atoms with Gasteiger partial charge in [-0.3, -0.25) is 4.90 Å². The minimum Gasteiger partial charge on any atom is -0.381 e. The van der Waals surface area contributed by atoms with Crippen molar-refractivity contribution >= 4 is 5.69 Å². The van der Waals surface area contributed by atoms with E-state index in [0.717, 1.165) is 17.9 Å². The molecule has 2 saturated heterocycles. The molecule has 0 unspecified atom stereocenters. The lowest BCUT2D eigenvalue weighted by atomic mass is 9.56. The van der Waals surface area contributed by atoms with Crippen LogP contribution in [0, 0.1) is 11.8 Å². The summed E-state index contributed by atoms with van der Waals surface area (Å²) in [5.74, 6) is 1.52. The number of hydrogen-bond donors (Lipinski definition) is 1. The number of benzene rings is 1. The second kappa shape index (κ2) is 3.92. The fraction of sp³-hybridized carbons (Fsp3) is 0.579. The molecule has 1 spiro atoms. The average Bonchev–Trinajstić information content (AvgIpc) is 3.07. The van der Waals surface area contributed by atoms with E-state index in [9.17, 15) is 0 Å². The number of para-hydroxylation sites is 1. The van der Waals surface area contributed by atoms with Gasteiger partial charge in [0.15, 0.2) is 0 Å². The van der Waals surface area contributed by atoms with Gasteiger partial charge in [-0.1, -0.05) is 36.8 Å². The molecule has 2 bridgehead atoms. The molecule has 1 saturated carbocycles. The minimum absolute atomic E-state index is 0.381. The molecule has 1 N–H and O–H groups in total. The number of rotatable bonds is 0. The van der Waals surface area contributed by atoms with Crippen molar-refractivity contribution in [2.45, 2.75) is 44.2 Å². The van der Waals surface area contributed by atoms with Crippen LogP contribution >= 0.6 is 0 Å². The van der Waals surface area contributed by atoms with E-state index in [1.54, 1.807) is 11.1 Å². The number of nitrogens with one attached hydrogen (secondary N) is 1. The number of nitrogens with zero attached hydrogens (tertiary/aromatic N) is 1. The normalized spacial score (nSPS) is 45.3. The van der Waals surface area contributed by atoms with Gasteiger partial charge >= 0.3 is 0 Å². The Hall–Kier alpha value is -1.28. The Labute approximate surface area is 127 Å². The molecule has 5 atom stereocenters. The third-order valence-corrected chi connectivity index (χ3v) is 7.01. The molecule has 3 heterocycles. The molecule has 1 aromatic rings. The van der Waals surface area contributed by atoms with Crippen molar-refractivity contribution in [3.05, 3.63) is 41.5 Å². The van der Waals surface area contributed by atoms with Crippen molar-refractivity contribution in [2.24, 2.45) is 11.8 Å². The molecular formula is C19H24N2. The Bertz CT molecular complexity index is 634. The van der Waals surface area contributed by atoms with Gasteiger partial charge in [-0.15, -0.1) is 0 Å². The van der Waals surface area contributed by atoms with Gasteiger partial charge < -0.3 is 5.32 Å². The molecular weight excluding hydrogens is 256 g/mol. The van der Waals surface area contributed by atoms with Crippen LogP contribution in [0.2, 0.25) is 0 Å². The zero-order valence-electron chi connectivity index (χ0n) is 13.0. The van der Waals surface area contributed by atoms with Gasteiger partial charge in [-0.2, -0.15) is 0 Å². The van der Waals surface area contributed by atoms with Crippen LogP contribution in [-0.4, -0.2) is 30.1 Å². The van der Waals surface area contributed by atoms with Crippen LogP contribution in [0.5, 0.6) is 0 Å². The van der Waals surface area contributed by atoms with Crippen molar-refractivity contribution in [1.82, 2.24) is 4.90 Å². The van der Waals surface area contributed by atoms with Gasteiger partial charge in [-0.25, -0.2) is 0 Å². The van der Waals surface area contributed by atoms with Crippen molar-refractivity contribution in [2.75, 3.05) is 18.4 Å². The standard InChI is InChI=1S/C19H24N2/c1-3-13-11-21-9-8-19-15-6-4-5-7-16(15)20-18(19)12(2)14(13)10-17(19)21/h3-7,12,14,17-18,20H,8-11H2,1-2H3/b13-3-/t12-,14+,17-,18-,19+/m0/s1. The fourth-order valence-corrected chi connectivity index (χ4v) is 6.12. The fourth-order valence-electron chi connectivity index (χ4n) is 6.12. The monoisotopic (exact) mass is 280 g/mol. The summed E-state index contributed by atoms with van der Waals surface area (Å²) in [7, 11) is 0. The first-order valence-corrected chi connectivity index (χ1v) is 8.51. The third-order valence-electron chi connectivity index (χ3n) is 7.01. The van der Waals surface area contributed by atoms with Gasteiger partial charge in [0.2, 0.25) is 0 Å². The van der Waals surface area contributed by atoms with Crippen LogP contribution < -0.4 is 5.32 Å². The molecule has 5 rings (SSSR count). The van der Waals surface area contributed by atoms with E-state index in [1.165, 1.54) is 31.6 Å². The van der Waals surface area contributed by atoms with Crippen LogP contribution in [0.4, 0.5) is 5.69 Å². The summed E-state index contributed by atoms with van der Waals surface area (Å²) in [5.41, 5.74) is 5.08. The molecule has 1 aliphatic carbocycles. The third kappa shape index (κ3) is 1.29. The van der Waals surface area contributed by atoms with Crippen LogP contribution in [-0.2, 0) is 5.41 Å². The number of piperidine rings is 1. The predicted molar refractivity (Wildman–Crippen MR) is 86.5 cm³/mol. The Morgan fingerprint density at radius 2 is 2.19 bits per heavy atom. The molecule has 2 nitrogen and oxygen atoms in total. The quantitative estimate of drug-likeness (QED) is 0.733. The van der Waals surface area contributed by atoms with Gasteiger partial charge in [0.1, 0.15) is 0 Å². The number of hydrogen-bond acceptors (Lipinski definition) is 2. The second-order valence-electron chi connectivity index (χ2n) is 7.51. The average molecular weight is 280 g/mol. The zero-order chi connectivity index (χ0) is 14.2. The van der Waals surface area contributed by atoms with Crippen LogP contribution in [0.15, 0.2) is 35.9 Å². The van der Waals surface area contributed by atoms with E-state index in [-0.39, 0.29) is 0 Å². The van der Waals surface area contributed by atoms with E-state index in [2.05, 4.69) is 54.4 Å². The molecule has 1 aromatic carbocycles. The van der Waals surface area contributed by atoms with Gasteiger partial charge in [0.05, 0.1) is 0 Å². The van der Waals surface area contributed by atoms with Gasteiger partial charge in [0.25, 0.3) is 0 Å². The summed E-state index contributed by atoms with van der Waals surface area (Å²) >= 11 is 0. The van der Waals surface area contributed by atoms with E-state index in [1.807, 2.05) is 0 Å². The van der Waals surface area contributed by atoms with Crippen molar-refractivity contribution < 1.29 is 0 Å². The highest BCUT2D eigenvalue weighted by Gasteiger charge is 2.64. The first-order chi connectivity index (χ1) is 10.3. The molecule has 0 amide bonds. The molecule has 4 aliphatic rings. The number of allylic oxidation sites excluding steroid dienone is 1. The van der Waals surface area contributed by atoms with Gasteiger partial charge in [0, 0.05) is 29.7 Å². The van der Waals surface area contributed by atoms with E-state index in [0.29, 0.717) is 11.5 Å². The first-order valence-electron chi connectivity index (χ1n) is 8.51. The van der Waals surface area contributed by atoms with Crippen molar-refractivity contribution in [3.8, 4) is 0 Å². The van der Waals surface area contributed by atoms with E-state index in [4.69, 9.17) is 0 Å². The Balaban J connectivity index is 1.71. The maximum atomic E-state index is 3.92. The molecule has 2 heteroatoms. The maximum absolute atomic E-state index is 3.92. The van der Waals surface area contributed by atoms with Crippen LogP contribution in [0.25, 0.3) is 0 Å². The lowest BCUT2D eigenvalue weighted by Crippen LogP contribution is -2.61. The highest BCUT2D eigenvalue weighted by atomic mass is 15.2. The summed E-state index contributed by atoms with van der Waals surface area (Å²) in [6, 6.07) is 10.5. The topological polar surface area (TPSA) is 15.3 Å². The molecule has 3 fully saturated rings. The summed E-state index contributed by atoms with van der Waals surface area (Å²) in [6.45, 7) is 7.21. The largest absolute Gasteiger partial charge is 0.381 e. The first kappa shape index (κ1) is 12.3. The highest BCUT2D eigenvalue weighted by Crippen LogP contribution is 2.60. The lowest BCUT2D eigenvalue weighted by Gasteiger charge is -2.54. The molecule has 0 aromatic heterocycles. The Kier molecular flexibility index (Phi) is 2.29. The number of anilines is 1.